The van der Waals surface area contributed by atoms with Gasteiger partial charge in [-0.15, -0.1) is 0 Å². The van der Waals surface area contributed by atoms with Crippen molar-refractivity contribution in [3.05, 3.63) is 29.3 Å². The molecule has 0 saturated carbocycles. The first kappa shape index (κ1) is 15.2. The van der Waals surface area contributed by atoms with Crippen LogP contribution in [-0.4, -0.2) is 16.5 Å². The predicted octanol–water partition coefficient (Wildman–Crippen LogP) is 4.70. The summed E-state index contributed by atoms with van der Waals surface area (Å²) in [6.07, 6.45) is -3.42. The molecule has 0 aliphatic carbocycles. The first-order chi connectivity index (χ1) is 9.23. The number of nitrogens with one attached hydrogen (secondary N) is 1. The van der Waals surface area contributed by atoms with Crippen molar-refractivity contribution in [2.45, 2.75) is 38.9 Å². The fraction of sp³-hybridized carbons (Fsp3) is 0.500. The van der Waals surface area contributed by atoms with Crippen LogP contribution in [0.2, 0.25) is 0 Å². The van der Waals surface area contributed by atoms with E-state index in [1.807, 2.05) is 6.92 Å². The molecule has 0 fully saturated rings. The van der Waals surface area contributed by atoms with Gasteiger partial charge in [0.25, 0.3) is 0 Å². The van der Waals surface area contributed by atoms with Crippen LogP contribution >= 0.6 is 11.8 Å². The second kappa shape index (κ2) is 5.31. The molecule has 1 aliphatic rings. The van der Waals surface area contributed by atoms with Gasteiger partial charge in [0, 0.05) is 11.4 Å². The highest BCUT2D eigenvalue weighted by atomic mass is 32.2. The summed E-state index contributed by atoms with van der Waals surface area (Å²) in [5, 5.41) is 3.67. The minimum absolute atomic E-state index is 0.120. The van der Waals surface area contributed by atoms with Crippen molar-refractivity contribution in [1.82, 2.24) is 0 Å². The summed E-state index contributed by atoms with van der Waals surface area (Å²) >= 11 is 1.54. The van der Waals surface area contributed by atoms with E-state index in [0.29, 0.717) is 10.9 Å². The first-order valence-corrected chi connectivity index (χ1v) is 7.39. The van der Waals surface area contributed by atoms with Crippen LogP contribution in [0.25, 0.3) is 0 Å². The van der Waals surface area contributed by atoms with Crippen LogP contribution in [0.15, 0.2) is 23.2 Å². The molecule has 1 aromatic rings. The third kappa shape index (κ3) is 3.29. The summed E-state index contributed by atoms with van der Waals surface area (Å²) in [5.74, 6) is 0.851. The number of aryl methyl sites for hydroxylation is 1. The SMILES string of the molecule is CCC1(C)CSC(Nc2ccc(C)c(C(F)(F)F)c2)=N1. The first-order valence-electron chi connectivity index (χ1n) is 6.41. The van der Waals surface area contributed by atoms with E-state index in [0.717, 1.165) is 18.2 Å². The Morgan fingerprint density at radius 1 is 1.40 bits per heavy atom. The van der Waals surface area contributed by atoms with Crippen molar-refractivity contribution in [3.63, 3.8) is 0 Å². The zero-order valence-electron chi connectivity index (χ0n) is 11.6. The average molecular weight is 302 g/mol. The molecule has 0 aromatic heterocycles. The van der Waals surface area contributed by atoms with E-state index in [4.69, 9.17) is 0 Å². The quantitative estimate of drug-likeness (QED) is 0.856. The average Bonchev–Trinajstić information content (AvgIpc) is 2.73. The Labute approximate surface area is 120 Å². The largest absolute Gasteiger partial charge is 0.416 e. The maximum atomic E-state index is 12.9. The van der Waals surface area contributed by atoms with Gasteiger partial charge in [-0.05, 0) is 38.0 Å². The molecule has 1 unspecified atom stereocenters. The summed E-state index contributed by atoms with van der Waals surface area (Å²) in [6, 6.07) is 4.26. The second-order valence-electron chi connectivity index (χ2n) is 5.21. The molecule has 20 heavy (non-hydrogen) atoms. The topological polar surface area (TPSA) is 24.4 Å². The molecular weight excluding hydrogens is 285 g/mol. The maximum absolute atomic E-state index is 12.9. The number of alkyl halides is 3. The summed E-state index contributed by atoms with van der Waals surface area (Å²) in [7, 11) is 0. The lowest BCUT2D eigenvalue weighted by atomic mass is 10.0. The Morgan fingerprint density at radius 3 is 2.65 bits per heavy atom. The Bertz CT molecular complexity index is 540. The van der Waals surface area contributed by atoms with Crippen LogP contribution in [-0.2, 0) is 6.18 Å². The molecule has 0 saturated heterocycles. The van der Waals surface area contributed by atoms with Crippen LogP contribution in [0.1, 0.15) is 31.4 Å². The third-order valence-electron chi connectivity index (χ3n) is 3.45. The number of hydrogen-bond acceptors (Lipinski definition) is 3. The number of anilines is 1. The van der Waals surface area contributed by atoms with E-state index in [2.05, 4.69) is 17.2 Å². The molecular formula is C14H17F3N2S. The van der Waals surface area contributed by atoms with Crippen LogP contribution in [0.3, 0.4) is 0 Å². The summed E-state index contributed by atoms with van der Waals surface area (Å²) in [5.41, 5.74) is -0.0776. The zero-order valence-corrected chi connectivity index (χ0v) is 12.5. The Kier molecular flexibility index (Phi) is 4.04. The molecule has 2 rings (SSSR count). The van der Waals surface area contributed by atoms with Gasteiger partial charge in [-0.3, -0.25) is 4.99 Å². The van der Waals surface area contributed by atoms with Gasteiger partial charge in [0.2, 0.25) is 0 Å². The molecule has 1 aliphatic heterocycles. The molecule has 0 radical (unpaired) electrons. The summed E-state index contributed by atoms with van der Waals surface area (Å²) in [4.78, 5) is 4.54. The van der Waals surface area contributed by atoms with E-state index >= 15 is 0 Å². The lowest BCUT2D eigenvalue weighted by molar-refractivity contribution is -0.138. The Hall–Kier alpha value is -1.17. The number of nitrogens with zero attached hydrogens (tertiary/aromatic N) is 1. The highest BCUT2D eigenvalue weighted by molar-refractivity contribution is 8.14. The van der Waals surface area contributed by atoms with Gasteiger partial charge in [-0.25, -0.2) is 0 Å². The van der Waals surface area contributed by atoms with Gasteiger partial charge >= 0.3 is 6.18 Å². The van der Waals surface area contributed by atoms with Crippen LogP contribution in [0, 0.1) is 6.92 Å². The highest BCUT2D eigenvalue weighted by Gasteiger charge is 2.33. The third-order valence-corrected chi connectivity index (χ3v) is 4.68. The Balaban J connectivity index is 2.22. The van der Waals surface area contributed by atoms with Gasteiger partial charge in [-0.1, -0.05) is 24.8 Å². The van der Waals surface area contributed by atoms with Crippen molar-refractivity contribution in [1.29, 1.82) is 0 Å². The van der Waals surface area contributed by atoms with E-state index in [1.165, 1.54) is 13.0 Å². The van der Waals surface area contributed by atoms with Crippen molar-refractivity contribution in [2.24, 2.45) is 4.99 Å². The van der Waals surface area contributed by atoms with E-state index in [1.54, 1.807) is 17.8 Å². The normalized spacial score (nSPS) is 22.8. The van der Waals surface area contributed by atoms with Crippen LogP contribution in [0.4, 0.5) is 18.9 Å². The van der Waals surface area contributed by atoms with Gasteiger partial charge in [0.1, 0.15) is 0 Å². The van der Waals surface area contributed by atoms with Crippen molar-refractivity contribution < 1.29 is 13.2 Å². The number of aliphatic imine (C=N–C) groups is 1. The monoisotopic (exact) mass is 302 g/mol. The van der Waals surface area contributed by atoms with Gasteiger partial charge in [0.05, 0.1) is 11.1 Å². The summed E-state index contributed by atoms with van der Waals surface area (Å²) in [6.45, 7) is 5.56. The lowest BCUT2D eigenvalue weighted by Crippen LogP contribution is -2.20. The summed E-state index contributed by atoms with van der Waals surface area (Å²) < 4.78 is 38.6. The highest BCUT2D eigenvalue weighted by Crippen LogP contribution is 2.35. The van der Waals surface area contributed by atoms with E-state index in [9.17, 15) is 13.2 Å². The van der Waals surface area contributed by atoms with Crippen LogP contribution in [0.5, 0.6) is 0 Å². The standard InChI is InChI=1S/C14H17F3N2S/c1-4-13(3)8-20-12(19-13)18-10-6-5-9(2)11(7-10)14(15,16)17/h5-7H,4,8H2,1-3H3,(H,18,19). The van der Waals surface area contributed by atoms with Crippen LogP contribution < -0.4 is 5.32 Å². The number of rotatable bonds is 2. The number of amidine groups is 1. The molecule has 1 heterocycles. The predicted molar refractivity (Wildman–Crippen MR) is 78.4 cm³/mol. The minimum atomic E-state index is -4.33. The molecule has 1 N–H and O–H groups in total. The molecule has 0 spiro atoms. The molecule has 1 aromatic carbocycles. The molecule has 1 atom stereocenters. The van der Waals surface area contributed by atoms with Gasteiger partial charge in [-0.2, -0.15) is 13.2 Å². The van der Waals surface area contributed by atoms with Crippen molar-refractivity contribution >= 4 is 22.6 Å². The fourth-order valence-corrected chi connectivity index (χ4v) is 3.10. The van der Waals surface area contributed by atoms with Gasteiger partial charge in [0.15, 0.2) is 5.17 Å². The molecule has 0 amide bonds. The molecule has 6 heteroatoms. The van der Waals surface area contributed by atoms with E-state index < -0.39 is 11.7 Å². The second-order valence-corrected chi connectivity index (χ2v) is 6.17. The maximum Gasteiger partial charge on any atom is 0.416 e. The fourth-order valence-electron chi connectivity index (χ4n) is 1.91. The number of halogens is 3. The van der Waals surface area contributed by atoms with Gasteiger partial charge < -0.3 is 5.32 Å². The van der Waals surface area contributed by atoms with Crippen molar-refractivity contribution in [2.75, 3.05) is 11.1 Å². The lowest BCUT2D eigenvalue weighted by Gasteiger charge is -2.15. The molecule has 110 valence electrons. The molecule has 2 nitrogen and oxygen atoms in total. The minimum Gasteiger partial charge on any atom is -0.335 e. The van der Waals surface area contributed by atoms with Crippen molar-refractivity contribution in [3.8, 4) is 0 Å². The molecule has 0 bridgehead atoms. The zero-order chi connectivity index (χ0) is 15.0. The van der Waals surface area contributed by atoms with E-state index in [-0.39, 0.29) is 11.1 Å². The number of hydrogen-bond donors (Lipinski definition) is 1. The number of thioether (sulfide) groups is 1. The number of benzene rings is 1. The smallest absolute Gasteiger partial charge is 0.335 e. The Morgan fingerprint density at radius 2 is 2.10 bits per heavy atom.